The molecule has 1 amide bonds. The molecule has 1 aromatic heterocycles. The number of rotatable bonds is 14. The summed E-state index contributed by atoms with van der Waals surface area (Å²) in [4.78, 5) is 53.8. The molecular weight excluding hydrogens is 426 g/mol. The molecule has 0 aromatic carbocycles. The molecule has 0 bridgehead atoms. The van der Waals surface area contributed by atoms with E-state index in [1.54, 1.807) is 20.9 Å². The summed E-state index contributed by atoms with van der Waals surface area (Å²) < 4.78 is 6.39. The second kappa shape index (κ2) is 13.1. The first-order valence-corrected chi connectivity index (χ1v) is 12.0. The van der Waals surface area contributed by atoms with Gasteiger partial charge in [0.15, 0.2) is 0 Å². The molecule has 1 aliphatic heterocycles. The Morgan fingerprint density at radius 2 is 1.64 bits per heavy atom. The molecule has 10 nitrogen and oxygen atoms in total. The number of carbonyl (C=O) groups is 2. The number of nitrogens with one attached hydrogen (secondary N) is 2. The lowest BCUT2D eigenvalue weighted by molar-refractivity contribution is -0.146. The zero-order valence-corrected chi connectivity index (χ0v) is 20.4. The van der Waals surface area contributed by atoms with Crippen molar-refractivity contribution in [3.63, 3.8) is 0 Å². The van der Waals surface area contributed by atoms with Gasteiger partial charge in [0.2, 0.25) is 5.91 Å². The maximum Gasteiger partial charge on any atom is 0.329 e. The Bertz CT molecular complexity index is 909. The first-order valence-electron chi connectivity index (χ1n) is 12.0. The lowest BCUT2D eigenvalue weighted by Crippen LogP contribution is -2.39. The minimum absolute atomic E-state index is 0.107. The molecule has 1 unspecified atom stereocenters. The van der Waals surface area contributed by atoms with Gasteiger partial charge in [0.25, 0.3) is 5.56 Å². The van der Waals surface area contributed by atoms with Crippen molar-refractivity contribution in [2.24, 2.45) is 7.05 Å². The van der Waals surface area contributed by atoms with Crippen LogP contribution in [-0.4, -0.2) is 54.3 Å². The average molecular weight is 466 g/mol. The van der Waals surface area contributed by atoms with E-state index in [-0.39, 0.29) is 17.2 Å². The number of H-pyrrole nitrogens is 1. The molecule has 1 atom stereocenters. The first kappa shape index (κ1) is 26.5. The van der Waals surface area contributed by atoms with Gasteiger partial charge in [0.05, 0.1) is 13.3 Å². The number of aromatic amines is 1. The standard InChI is InChI=1S/C23H39N5O5/c1-5-33-22(31)17(2)24-18(29)14-12-10-8-6-7-9-11-13-15-28-16-26(3)19-20(30)25-23(32)27(4)21(19)28/h17H,5-16H2,1-4H3,(H,24,29)(H,25,30,32). The van der Waals surface area contributed by atoms with Crippen molar-refractivity contribution >= 4 is 23.4 Å². The van der Waals surface area contributed by atoms with Gasteiger partial charge in [-0.1, -0.05) is 38.5 Å². The number of esters is 1. The minimum atomic E-state index is -0.600. The maximum atomic E-state index is 12.1. The molecule has 0 saturated heterocycles. The molecule has 0 aliphatic carbocycles. The van der Waals surface area contributed by atoms with Crippen molar-refractivity contribution < 1.29 is 14.3 Å². The number of hydrogen-bond acceptors (Lipinski definition) is 7. The van der Waals surface area contributed by atoms with Gasteiger partial charge in [0, 0.05) is 27.1 Å². The van der Waals surface area contributed by atoms with Gasteiger partial charge < -0.3 is 19.9 Å². The van der Waals surface area contributed by atoms with Crippen LogP contribution in [0.5, 0.6) is 0 Å². The highest BCUT2D eigenvalue weighted by atomic mass is 16.5. The molecule has 2 heterocycles. The first-order chi connectivity index (χ1) is 15.8. The highest BCUT2D eigenvalue weighted by Gasteiger charge is 2.29. The number of ether oxygens (including phenoxy) is 1. The van der Waals surface area contributed by atoms with E-state index in [2.05, 4.69) is 15.2 Å². The Kier molecular flexibility index (Phi) is 10.5. The Morgan fingerprint density at radius 1 is 1.03 bits per heavy atom. The van der Waals surface area contributed by atoms with Crippen molar-refractivity contribution in [2.45, 2.75) is 77.7 Å². The van der Waals surface area contributed by atoms with Crippen LogP contribution in [0.4, 0.5) is 11.5 Å². The lowest BCUT2D eigenvalue weighted by atomic mass is 10.1. The molecule has 2 N–H and O–H groups in total. The highest BCUT2D eigenvalue weighted by Crippen LogP contribution is 2.29. The Hall–Kier alpha value is -2.78. The van der Waals surface area contributed by atoms with E-state index in [4.69, 9.17) is 4.74 Å². The average Bonchev–Trinajstić information content (AvgIpc) is 3.10. The normalized spacial score (nSPS) is 13.7. The van der Waals surface area contributed by atoms with E-state index < -0.39 is 12.0 Å². The smallest absolute Gasteiger partial charge is 0.329 e. The number of nitrogens with zero attached hydrogens (tertiary/aromatic N) is 3. The van der Waals surface area contributed by atoms with Crippen LogP contribution in [0.15, 0.2) is 9.59 Å². The van der Waals surface area contributed by atoms with Gasteiger partial charge in [-0.05, 0) is 26.7 Å². The van der Waals surface area contributed by atoms with Crippen molar-refractivity contribution in [3.8, 4) is 0 Å². The summed E-state index contributed by atoms with van der Waals surface area (Å²) >= 11 is 0. The number of aromatic nitrogens is 2. The zero-order chi connectivity index (χ0) is 24.4. The van der Waals surface area contributed by atoms with Crippen molar-refractivity contribution in [2.75, 3.05) is 36.7 Å². The van der Waals surface area contributed by atoms with Crippen LogP contribution in [-0.2, 0) is 21.4 Å². The predicted molar refractivity (Wildman–Crippen MR) is 129 cm³/mol. The summed E-state index contributed by atoms with van der Waals surface area (Å²) in [6, 6.07) is -0.600. The number of hydrogen-bond donors (Lipinski definition) is 2. The second-order valence-corrected chi connectivity index (χ2v) is 8.71. The minimum Gasteiger partial charge on any atom is -0.464 e. The number of fused-ring (bicyclic) bond motifs is 1. The molecule has 2 rings (SSSR count). The van der Waals surface area contributed by atoms with Crippen LogP contribution in [0.2, 0.25) is 0 Å². The summed E-state index contributed by atoms with van der Waals surface area (Å²) in [7, 11) is 3.55. The van der Waals surface area contributed by atoms with Crippen LogP contribution >= 0.6 is 0 Å². The van der Waals surface area contributed by atoms with Gasteiger partial charge in [-0.2, -0.15) is 0 Å². The van der Waals surface area contributed by atoms with Gasteiger partial charge >= 0.3 is 11.7 Å². The van der Waals surface area contributed by atoms with Gasteiger partial charge in [0.1, 0.15) is 17.5 Å². The van der Waals surface area contributed by atoms with Crippen molar-refractivity contribution in [3.05, 3.63) is 20.8 Å². The van der Waals surface area contributed by atoms with Crippen LogP contribution in [0.1, 0.15) is 71.6 Å². The molecule has 0 spiro atoms. The molecule has 10 heteroatoms. The largest absolute Gasteiger partial charge is 0.464 e. The molecule has 0 radical (unpaired) electrons. The molecule has 1 aromatic rings. The van der Waals surface area contributed by atoms with Gasteiger partial charge in [-0.3, -0.25) is 19.1 Å². The van der Waals surface area contributed by atoms with Crippen LogP contribution in [0.3, 0.4) is 0 Å². The quantitative estimate of drug-likeness (QED) is 0.318. The van der Waals surface area contributed by atoms with Gasteiger partial charge in [-0.15, -0.1) is 0 Å². The summed E-state index contributed by atoms with van der Waals surface area (Å²) in [6.45, 7) is 5.11. The third-order valence-corrected chi connectivity index (χ3v) is 5.93. The van der Waals surface area contributed by atoms with E-state index >= 15 is 0 Å². The second-order valence-electron chi connectivity index (χ2n) is 8.71. The fraction of sp³-hybridized carbons (Fsp3) is 0.739. The fourth-order valence-corrected chi connectivity index (χ4v) is 4.16. The van der Waals surface area contributed by atoms with Crippen molar-refractivity contribution in [1.29, 1.82) is 0 Å². The zero-order valence-electron chi connectivity index (χ0n) is 20.4. The summed E-state index contributed by atoms with van der Waals surface area (Å²) in [5.41, 5.74) is -0.157. The molecule has 33 heavy (non-hydrogen) atoms. The number of anilines is 2. The molecule has 1 aliphatic rings. The molecular formula is C23H39N5O5. The van der Waals surface area contributed by atoms with E-state index in [9.17, 15) is 19.2 Å². The maximum absolute atomic E-state index is 12.1. The molecule has 0 fully saturated rings. The van der Waals surface area contributed by atoms with Crippen LogP contribution < -0.4 is 26.4 Å². The van der Waals surface area contributed by atoms with Crippen LogP contribution in [0.25, 0.3) is 0 Å². The third kappa shape index (κ3) is 7.64. The third-order valence-electron chi connectivity index (χ3n) is 5.93. The Labute approximate surface area is 195 Å². The molecule has 186 valence electrons. The summed E-state index contributed by atoms with van der Waals surface area (Å²) in [5.74, 6) is 0.195. The van der Waals surface area contributed by atoms with Crippen LogP contribution in [0, 0.1) is 0 Å². The number of unbranched alkanes of at least 4 members (excludes halogenated alkanes) is 7. The predicted octanol–water partition coefficient (Wildman–Crippen LogP) is 1.87. The topological polar surface area (TPSA) is 117 Å². The van der Waals surface area contributed by atoms with E-state index in [1.807, 2.05) is 11.9 Å². The van der Waals surface area contributed by atoms with Crippen molar-refractivity contribution in [1.82, 2.24) is 14.9 Å². The summed E-state index contributed by atoms with van der Waals surface area (Å²) in [6.07, 6.45) is 8.88. The van der Waals surface area contributed by atoms with Gasteiger partial charge in [-0.25, -0.2) is 9.59 Å². The monoisotopic (exact) mass is 465 g/mol. The van der Waals surface area contributed by atoms with E-state index in [0.717, 1.165) is 57.9 Å². The Morgan fingerprint density at radius 3 is 2.27 bits per heavy atom. The SMILES string of the molecule is CCOC(=O)C(C)NC(=O)CCCCCCCCCCN1CN(C)c2c1n(C)c(=O)[nH]c2=O. The number of carbonyl (C=O) groups excluding carboxylic acids is 2. The number of amides is 1. The highest BCUT2D eigenvalue weighted by molar-refractivity contribution is 5.84. The summed E-state index contributed by atoms with van der Waals surface area (Å²) in [5, 5.41) is 2.67. The lowest BCUT2D eigenvalue weighted by Gasteiger charge is -2.20. The Balaban J connectivity index is 1.54. The van der Waals surface area contributed by atoms with E-state index in [1.165, 1.54) is 4.57 Å². The fourth-order valence-electron chi connectivity index (χ4n) is 4.16. The molecule has 0 saturated carbocycles. The van der Waals surface area contributed by atoms with E-state index in [0.29, 0.717) is 31.2 Å².